The van der Waals surface area contributed by atoms with Crippen LogP contribution in [0.25, 0.3) is 0 Å². The molecule has 0 aliphatic heterocycles. The average molecular weight is 279 g/mol. The molecule has 1 heterocycles. The summed E-state index contributed by atoms with van der Waals surface area (Å²) >= 11 is 4.12. The quantitative estimate of drug-likeness (QED) is 0.874. The number of hydrogen-bond acceptors (Lipinski definition) is 3. The molecule has 1 aromatic heterocycles. The van der Waals surface area contributed by atoms with E-state index in [-0.39, 0.29) is 11.5 Å². The molecule has 0 bridgehead atoms. The highest BCUT2D eigenvalue weighted by Crippen LogP contribution is 2.16. The Hall–Kier alpha value is -1.82. The molecule has 0 spiro atoms. The van der Waals surface area contributed by atoms with Gasteiger partial charge in [0.1, 0.15) is 5.82 Å². The largest absolute Gasteiger partial charge is 0.337 e. The van der Waals surface area contributed by atoms with Crippen LogP contribution in [0, 0.1) is 5.82 Å². The van der Waals surface area contributed by atoms with Crippen molar-refractivity contribution in [3.63, 3.8) is 0 Å². The molecular weight excluding hydrogens is 265 g/mol. The van der Waals surface area contributed by atoms with Crippen molar-refractivity contribution < 1.29 is 9.18 Å². The number of hydrogen-bond donors (Lipinski definition) is 1. The fourth-order valence-electron chi connectivity index (χ4n) is 1.78. The number of aryl methyl sites for hydroxylation is 1. The molecule has 0 fully saturated rings. The van der Waals surface area contributed by atoms with Crippen LogP contribution in [-0.2, 0) is 13.6 Å². The normalized spacial score (nSPS) is 10.5. The summed E-state index contributed by atoms with van der Waals surface area (Å²) in [5.74, 6) is -0.918. The minimum atomic E-state index is -0.541. The van der Waals surface area contributed by atoms with E-state index < -0.39 is 5.82 Å². The summed E-state index contributed by atoms with van der Waals surface area (Å²) in [6, 6.07) is 4.18. The maximum Gasteiger partial charge on any atom is 0.256 e. The molecule has 2 rings (SSSR count). The third kappa shape index (κ3) is 3.14. The lowest BCUT2D eigenvalue weighted by Crippen LogP contribution is -2.26. The summed E-state index contributed by atoms with van der Waals surface area (Å²) in [6.07, 6.45) is 3.49. The molecule has 0 saturated carbocycles. The van der Waals surface area contributed by atoms with Gasteiger partial charge < -0.3 is 4.90 Å². The van der Waals surface area contributed by atoms with E-state index in [4.69, 9.17) is 0 Å². The van der Waals surface area contributed by atoms with Crippen LogP contribution in [0.3, 0.4) is 0 Å². The Morgan fingerprint density at radius 2 is 2.26 bits per heavy atom. The number of halogens is 1. The Labute approximate surface area is 116 Å². The number of carbonyl (C=O) groups excluding carboxylic acids is 1. The molecule has 6 heteroatoms. The first kappa shape index (κ1) is 13.6. The van der Waals surface area contributed by atoms with Crippen molar-refractivity contribution in [3.05, 3.63) is 47.5 Å². The second-order valence-electron chi connectivity index (χ2n) is 4.35. The summed E-state index contributed by atoms with van der Waals surface area (Å²) in [6.45, 7) is 0.378. The van der Waals surface area contributed by atoms with Crippen LogP contribution in [0.2, 0.25) is 0 Å². The standard InChI is InChI=1S/C13H14FN3OS/c1-16(7-9-6-15-17(2)8-9)13(18)11-5-10(19)3-4-12(11)14/h3-6,8,19H,7H2,1-2H3. The lowest BCUT2D eigenvalue weighted by atomic mass is 10.2. The third-order valence-corrected chi connectivity index (χ3v) is 2.98. The number of aromatic nitrogens is 2. The molecule has 0 unspecified atom stereocenters. The fraction of sp³-hybridized carbons (Fsp3) is 0.231. The molecule has 1 amide bonds. The predicted octanol–water partition coefficient (Wildman–Crippen LogP) is 2.12. The van der Waals surface area contributed by atoms with Gasteiger partial charge in [0.15, 0.2) is 0 Å². The van der Waals surface area contributed by atoms with Crippen LogP contribution in [0.5, 0.6) is 0 Å². The Morgan fingerprint density at radius 1 is 1.53 bits per heavy atom. The first-order chi connectivity index (χ1) is 8.97. The number of thiol groups is 1. The number of amides is 1. The first-order valence-electron chi connectivity index (χ1n) is 5.69. The highest BCUT2D eigenvalue weighted by molar-refractivity contribution is 7.80. The van der Waals surface area contributed by atoms with Gasteiger partial charge in [-0.15, -0.1) is 12.6 Å². The van der Waals surface area contributed by atoms with E-state index in [1.54, 1.807) is 25.0 Å². The molecule has 1 aromatic carbocycles. The topological polar surface area (TPSA) is 38.1 Å². The van der Waals surface area contributed by atoms with E-state index in [1.165, 1.54) is 23.1 Å². The number of nitrogens with zero attached hydrogens (tertiary/aromatic N) is 3. The Kier molecular flexibility index (Phi) is 3.90. The molecule has 19 heavy (non-hydrogen) atoms. The van der Waals surface area contributed by atoms with Crippen LogP contribution < -0.4 is 0 Å². The van der Waals surface area contributed by atoms with E-state index >= 15 is 0 Å². The second kappa shape index (κ2) is 5.44. The lowest BCUT2D eigenvalue weighted by molar-refractivity contribution is 0.0780. The Morgan fingerprint density at radius 3 is 2.89 bits per heavy atom. The van der Waals surface area contributed by atoms with Gasteiger partial charge in [0.2, 0.25) is 0 Å². The third-order valence-electron chi connectivity index (χ3n) is 2.71. The zero-order valence-electron chi connectivity index (χ0n) is 10.7. The summed E-state index contributed by atoms with van der Waals surface area (Å²) in [5.41, 5.74) is 0.916. The first-order valence-corrected chi connectivity index (χ1v) is 6.13. The number of benzene rings is 1. The van der Waals surface area contributed by atoms with Gasteiger partial charge in [-0.1, -0.05) is 0 Å². The monoisotopic (exact) mass is 279 g/mol. The second-order valence-corrected chi connectivity index (χ2v) is 4.86. The number of rotatable bonds is 3. The van der Waals surface area contributed by atoms with Gasteiger partial charge in [-0.2, -0.15) is 5.10 Å². The molecule has 0 aliphatic rings. The zero-order valence-corrected chi connectivity index (χ0v) is 11.6. The van der Waals surface area contributed by atoms with Crippen LogP contribution in [-0.4, -0.2) is 27.6 Å². The molecule has 4 nitrogen and oxygen atoms in total. The van der Waals surface area contributed by atoms with Gasteiger partial charge in [0, 0.05) is 37.3 Å². The van der Waals surface area contributed by atoms with E-state index in [9.17, 15) is 9.18 Å². The summed E-state index contributed by atoms with van der Waals surface area (Å²) in [7, 11) is 3.43. The Bertz CT molecular complexity index is 612. The smallest absolute Gasteiger partial charge is 0.256 e. The Balaban J connectivity index is 2.16. The minimum absolute atomic E-state index is 0.0268. The van der Waals surface area contributed by atoms with Crippen molar-refractivity contribution in [2.24, 2.45) is 7.05 Å². The maximum atomic E-state index is 13.6. The molecule has 100 valence electrons. The summed E-state index contributed by atoms with van der Waals surface area (Å²) in [5, 5.41) is 4.03. The van der Waals surface area contributed by atoms with E-state index in [0.29, 0.717) is 11.4 Å². The van der Waals surface area contributed by atoms with Gasteiger partial charge in [0.25, 0.3) is 5.91 Å². The molecule has 0 radical (unpaired) electrons. The summed E-state index contributed by atoms with van der Waals surface area (Å²) in [4.78, 5) is 14.2. The SMILES string of the molecule is CN(Cc1cnn(C)c1)C(=O)c1cc(S)ccc1F. The van der Waals surface area contributed by atoms with Crippen molar-refractivity contribution in [2.75, 3.05) is 7.05 Å². The average Bonchev–Trinajstić information content (AvgIpc) is 2.77. The fourth-order valence-corrected chi connectivity index (χ4v) is 1.99. The zero-order chi connectivity index (χ0) is 14.0. The highest BCUT2D eigenvalue weighted by atomic mass is 32.1. The number of carbonyl (C=O) groups is 1. The van der Waals surface area contributed by atoms with E-state index in [0.717, 1.165) is 5.56 Å². The van der Waals surface area contributed by atoms with Crippen molar-refractivity contribution >= 4 is 18.5 Å². The van der Waals surface area contributed by atoms with Crippen molar-refractivity contribution in [2.45, 2.75) is 11.4 Å². The van der Waals surface area contributed by atoms with Crippen molar-refractivity contribution in [1.82, 2.24) is 14.7 Å². The molecule has 2 aromatic rings. The molecule has 0 saturated heterocycles. The van der Waals surface area contributed by atoms with Crippen molar-refractivity contribution in [3.8, 4) is 0 Å². The highest BCUT2D eigenvalue weighted by Gasteiger charge is 2.17. The van der Waals surface area contributed by atoms with Gasteiger partial charge in [-0.05, 0) is 18.2 Å². The van der Waals surface area contributed by atoms with Crippen LogP contribution in [0.1, 0.15) is 15.9 Å². The lowest BCUT2D eigenvalue weighted by Gasteiger charge is -2.16. The minimum Gasteiger partial charge on any atom is -0.337 e. The van der Waals surface area contributed by atoms with Crippen LogP contribution in [0.15, 0.2) is 35.5 Å². The van der Waals surface area contributed by atoms with Crippen LogP contribution >= 0.6 is 12.6 Å². The van der Waals surface area contributed by atoms with Gasteiger partial charge in [0.05, 0.1) is 11.8 Å². The molecule has 0 N–H and O–H groups in total. The van der Waals surface area contributed by atoms with Crippen LogP contribution in [0.4, 0.5) is 4.39 Å². The van der Waals surface area contributed by atoms with Crippen molar-refractivity contribution in [1.29, 1.82) is 0 Å². The predicted molar refractivity (Wildman–Crippen MR) is 72.7 cm³/mol. The molecule has 0 aliphatic carbocycles. The van der Waals surface area contributed by atoms with E-state index in [1.807, 2.05) is 6.20 Å². The van der Waals surface area contributed by atoms with E-state index in [2.05, 4.69) is 17.7 Å². The van der Waals surface area contributed by atoms with Gasteiger partial charge in [-0.25, -0.2) is 4.39 Å². The molecular formula is C13H14FN3OS. The van der Waals surface area contributed by atoms with Gasteiger partial charge in [-0.3, -0.25) is 9.48 Å². The molecule has 0 atom stereocenters. The summed E-state index contributed by atoms with van der Waals surface area (Å²) < 4.78 is 15.3. The van der Waals surface area contributed by atoms with Gasteiger partial charge >= 0.3 is 0 Å². The maximum absolute atomic E-state index is 13.6.